The van der Waals surface area contributed by atoms with Crippen LogP contribution in [0.4, 0.5) is 0 Å². The van der Waals surface area contributed by atoms with Crippen molar-refractivity contribution in [2.75, 3.05) is 20.1 Å². The number of benzene rings is 1. The SMILES string of the molecule is Cc1cn(CC(=O)N2CC[C@H](c3ccccc3)[C@@H]3[C@H]2CCCCN3C)nn1. The average Bonchev–Trinajstić information content (AvgIpc) is 2.99. The normalized spacial score (nSPS) is 26.4. The van der Waals surface area contributed by atoms with Crippen LogP contribution in [0.15, 0.2) is 36.5 Å². The van der Waals surface area contributed by atoms with Crippen LogP contribution in [-0.2, 0) is 11.3 Å². The molecule has 2 aliphatic rings. The van der Waals surface area contributed by atoms with Crippen LogP contribution in [0.1, 0.15) is 42.9 Å². The van der Waals surface area contributed by atoms with E-state index in [-0.39, 0.29) is 18.5 Å². The third-order valence-corrected chi connectivity index (χ3v) is 6.16. The number of carbonyl (C=O) groups is 1. The molecule has 4 rings (SSSR count). The van der Waals surface area contributed by atoms with Crippen LogP contribution in [0.25, 0.3) is 0 Å². The van der Waals surface area contributed by atoms with E-state index in [0.717, 1.165) is 31.6 Å². The number of rotatable bonds is 3. The van der Waals surface area contributed by atoms with Crippen molar-refractivity contribution in [3.05, 3.63) is 47.8 Å². The molecule has 0 spiro atoms. The van der Waals surface area contributed by atoms with Crippen LogP contribution in [-0.4, -0.2) is 62.9 Å². The lowest BCUT2D eigenvalue weighted by molar-refractivity contribution is -0.138. The first-order valence-electron chi connectivity index (χ1n) is 10.0. The molecule has 6 nitrogen and oxygen atoms in total. The van der Waals surface area contributed by atoms with E-state index >= 15 is 0 Å². The van der Waals surface area contributed by atoms with E-state index in [1.54, 1.807) is 4.68 Å². The van der Waals surface area contributed by atoms with Gasteiger partial charge in [-0.05, 0) is 45.3 Å². The molecule has 6 heteroatoms. The van der Waals surface area contributed by atoms with Gasteiger partial charge in [0, 0.05) is 30.7 Å². The largest absolute Gasteiger partial charge is 0.336 e. The molecular weight excluding hydrogens is 338 g/mol. The van der Waals surface area contributed by atoms with Crippen LogP contribution in [0.2, 0.25) is 0 Å². The Balaban J connectivity index is 1.59. The van der Waals surface area contributed by atoms with Gasteiger partial charge in [-0.25, -0.2) is 4.68 Å². The Morgan fingerprint density at radius 1 is 1.15 bits per heavy atom. The van der Waals surface area contributed by atoms with Crippen molar-refractivity contribution >= 4 is 5.91 Å². The molecule has 0 radical (unpaired) electrons. The summed E-state index contributed by atoms with van der Waals surface area (Å²) in [5.41, 5.74) is 2.25. The summed E-state index contributed by atoms with van der Waals surface area (Å²) < 4.78 is 1.66. The Morgan fingerprint density at radius 2 is 1.96 bits per heavy atom. The van der Waals surface area contributed by atoms with Crippen molar-refractivity contribution in [3.63, 3.8) is 0 Å². The van der Waals surface area contributed by atoms with Gasteiger partial charge >= 0.3 is 0 Å². The number of nitrogens with zero attached hydrogens (tertiary/aromatic N) is 5. The number of amides is 1. The highest BCUT2D eigenvalue weighted by atomic mass is 16.2. The summed E-state index contributed by atoms with van der Waals surface area (Å²) in [5, 5.41) is 8.07. The van der Waals surface area contributed by atoms with Gasteiger partial charge in [0.15, 0.2) is 0 Å². The molecule has 0 aliphatic carbocycles. The lowest BCUT2D eigenvalue weighted by Crippen LogP contribution is -2.59. The second kappa shape index (κ2) is 7.80. The fourth-order valence-corrected chi connectivity index (χ4v) is 4.93. The zero-order valence-corrected chi connectivity index (χ0v) is 16.3. The Labute approximate surface area is 161 Å². The molecule has 144 valence electrons. The fourth-order valence-electron chi connectivity index (χ4n) is 4.93. The molecule has 3 heterocycles. The van der Waals surface area contributed by atoms with Crippen molar-refractivity contribution in [2.24, 2.45) is 0 Å². The quantitative estimate of drug-likeness (QED) is 0.836. The number of likely N-dealkylation sites (N-methyl/N-ethyl adjacent to an activating group) is 1. The van der Waals surface area contributed by atoms with E-state index in [4.69, 9.17) is 0 Å². The van der Waals surface area contributed by atoms with E-state index in [0.29, 0.717) is 12.0 Å². The Morgan fingerprint density at radius 3 is 2.70 bits per heavy atom. The van der Waals surface area contributed by atoms with Gasteiger partial charge in [0.25, 0.3) is 0 Å². The minimum atomic E-state index is 0.164. The zero-order valence-electron chi connectivity index (χ0n) is 16.3. The van der Waals surface area contributed by atoms with Gasteiger partial charge in [0.2, 0.25) is 5.91 Å². The van der Waals surface area contributed by atoms with E-state index in [2.05, 4.69) is 57.5 Å². The first kappa shape index (κ1) is 18.2. The molecule has 3 atom stereocenters. The summed E-state index contributed by atoms with van der Waals surface area (Å²) in [7, 11) is 2.23. The van der Waals surface area contributed by atoms with Crippen LogP contribution in [0.3, 0.4) is 0 Å². The molecule has 1 aromatic heterocycles. The van der Waals surface area contributed by atoms with Gasteiger partial charge in [-0.15, -0.1) is 5.10 Å². The predicted molar refractivity (Wildman–Crippen MR) is 104 cm³/mol. The average molecular weight is 367 g/mol. The summed E-state index contributed by atoms with van der Waals surface area (Å²) in [6.45, 7) is 4.11. The van der Waals surface area contributed by atoms with Crippen molar-refractivity contribution in [2.45, 2.75) is 57.2 Å². The van der Waals surface area contributed by atoms with E-state index in [1.165, 1.54) is 18.4 Å². The Bertz CT molecular complexity index is 774. The third-order valence-electron chi connectivity index (χ3n) is 6.16. The predicted octanol–water partition coefficient (Wildman–Crippen LogP) is 2.46. The van der Waals surface area contributed by atoms with Crippen molar-refractivity contribution in [3.8, 4) is 0 Å². The summed E-state index contributed by atoms with van der Waals surface area (Å²) in [4.78, 5) is 17.7. The molecule has 0 bridgehead atoms. The fraction of sp³-hybridized carbons (Fsp3) is 0.571. The smallest absolute Gasteiger partial charge is 0.244 e. The minimum absolute atomic E-state index is 0.164. The maximum absolute atomic E-state index is 13.1. The second-order valence-corrected chi connectivity index (χ2v) is 7.98. The van der Waals surface area contributed by atoms with Crippen molar-refractivity contribution < 1.29 is 4.79 Å². The lowest BCUT2D eigenvalue weighted by atomic mass is 9.79. The molecule has 2 aliphatic heterocycles. The third kappa shape index (κ3) is 3.76. The number of aromatic nitrogens is 3. The molecule has 0 unspecified atom stereocenters. The molecule has 27 heavy (non-hydrogen) atoms. The van der Waals surface area contributed by atoms with Crippen LogP contribution in [0, 0.1) is 6.92 Å². The summed E-state index contributed by atoms with van der Waals surface area (Å²) >= 11 is 0. The number of hydrogen-bond acceptors (Lipinski definition) is 4. The van der Waals surface area contributed by atoms with E-state index in [9.17, 15) is 4.79 Å². The molecule has 0 saturated carbocycles. The first-order valence-corrected chi connectivity index (χ1v) is 10.0. The molecular formula is C21H29N5O. The first-order chi connectivity index (χ1) is 13.1. The lowest BCUT2D eigenvalue weighted by Gasteiger charge is -2.48. The Kier molecular flexibility index (Phi) is 5.25. The maximum Gasteiger partial charge on any atom is 0.244 e. The van der Waals surface area contributed by atoms with Crippen LogP contribution >= 0.6 is 0 Å². The number of likely N-dealkylation sites (tertiary alicyclic amines) is 2. The van der Waals surface area contributed by atoms with Crippen molar-refractivity contribution in [1.29, 1.82) is 0 Å². The maximum atomic E-state index is 13.1. The zero-order chi connectivity index (χ0) is 18.8. The van der Waals surface area contributed by atoms with Crippen LogP contribution in [0.5, 0.6) is 0 Å². The highest BCUT2D eigenvalue weighted by Crippen LogP contribution is 2.38. The van der Waals surface area contributed by atoms with Gasteiger partial charge in [0.05, 0.1) is 5.69 Å². The van der Waals surface area contributed by atoms with Crippen LogP contribution < -0.4 is 0 Å². The number of hydrogen-bond donors (Lipinski definition) is 0. The van der Waals surface area contributed by atoms with Gasteiger partial charge in [0.1, 0.15) is 6.54 Å². The number of piperidine rings is 1. The van der Waals surface area contributed by atoms with Crippen molar-refractivity contribution in [1.82, 2.24) is 24.8 Å². The molecule has 1 aromatic carbocycles. The second-order valence-electron chi connectivity index (χ2n) is 7.98. The molecule has 2 saturated heterocycles. The minimum Gasteiger partial charge on any atom is -0.336 e. The highest BCUT2D eigenvalue weighted by molar-refractivity contribution is 5.76. The topological polar surface area (TPSA) is 54.3 Å². The van der Waals surface area contributed by atoms with Gasteiger partial charge < -0.3 is 9.80 Å². The summed E-state index contributed by atoms with van der Waals surface area (Å²) in [5.74, 6) is 0.647. The van der Waals surface area contributed by atoms with E-state index in [1.807, 2.05) is 13.1 Å². The number of aryl methyl sites for hydroxylation is 1. The van der Waals surface area contributed by atoms with E-state index < -0.39 is 0 Å². The number of fused-ring (bicyclic) bond motifs is 1. The molecule has 0 N–H and O–H groups in total. The monoisotopic (exact) mass is 367 g/mol. The standard InChI is InChI=1S/C21H29N5O/c1-16-14-25(23-22-16)15-20(27)26-13-11-18(17-8-4-3-5-9-17)21-19(26)10-6-7-12-24(21)2/h3-5,8-9,14,18-19,21H,6-7,10-13,15H2,1-2H3/t18-,19-,21-/m1/s1. The highest BCUT2D eigenvalue weighted by Gasteiger charge is 2.43. The summed E-state index contributed by atoms with van der Waals surface area (Å²) in [6, 6.07) is 11.5. The van der Waals surface area contributed by atoms with Gasteiger partial charge in [-0.1, -0.05) is 42.0 Å². The number of carbonyl (C=O) groups excluding carboxylic acids is 1. The molecule has 2 fully saturated rings. The van der Waals surface area contributed by atoms with Gasteiger partial charge in [-0.2, -0.15) is 0 Å². The molecule has 2 aromatic rings. The molecule has 1 amide bonds. The Hall–Kier alpha value is -2.21. The van der Waals surface area contributed by atoms with Gasteiger partial charge in [-0.3, -0.25) is 4.79 Å². The summed E-state index contributed by atoms with van der Waals surface area (Å²) in [6.07, 6.45) is 6.32.